The molecule has 0 spiro atoms. The number of fused-ring (bicyclic) bond motifs is 3. The molecule has 3 heteroatoms. The molecule has 2 nitrogen and oxygen atoms in total. The van der Waals surface area contributed by atoms with Crippen molar-refractivity contribution in [3.05, 3.63) is 100 Å². The fraction of sp³-hybridized carbons (Fsp3) is 0.222. The van der Waals surface area contributed by atoms with Crippen LogP contribution in [0.5, 0.6) is 0 Å². The first kappa shape index (κ1) is 19.1. The largest absolute Gasteiger partial charge is 0.321 e. The maximum Gasteiger partial charge on any atom is 0.138 e. The van der Waals surface area contributed by atoms with Crippen molar-refractivity contribution < 1.29 is 0 Å². The Labute approximate surface area is 183 Å². The van der Waals surface area contributed by atoms with Crippen LogP contribution in [-0.4, -0.2) is 10.5 Å². The number of hydrogen-bond donors (Lipinski definition) is 0. The van der Waals surface area contributed by atoms with Crippen molar-refractivity contribution in [3.63, 3.8) is 0 Å². The van der Waals surface area contributed by atoms with Crippen LogP contribution in [0, 0.1) is 0 Å². The number of pyridine rings is 1. The molecule has 0 fully saturated rings. The molecule has 30 heavy (non-hydrogen) atoms. The number of anilines is 2. The Morgan fingerprint density at radius 2 is 1.60 bits per heavy atom. The van der Waals surface area contributed by atoms with Crippen molar-refractivity contribution in [2.24, 2.45) is 0 Å². The monoisotopic (exact) mass is 412 g/mol. The summed E-state index contributed by atoms with van der Waals surface area (Å²) >= 11 is 6.56. The summed E-state index contributed by atoms with van der Waals surface area (Å²) in [6.45, 7) is 6.76. The van der Waals surface area contributed by atoms with Crippen LogP contribution < -0.4 is 4.90 Å². The van der Waals surface area contributed by atoms with Gasteiger partial charge in [-0.3, -0.25) is 0 Å². The lowest BCUT2D eigenvalue weighted by molar-refractivity contribution is 0.549. The van der Waals surface area contributed by atoms with Gasteiger partial charge < -0.3 is 4.90 Å². The quantitative estimate of drug-likeness (QED) is 0.343. The molecule has 3 aromatic carbocycles. The highest BCUT2D eigenvalue weighted by molar-refractivity contribution is 6.31. The highest BCUT2D eigenvalue weighted by Gasteiger charge is 2.33. The number of rotatable bonds is 2. The summed E-state index contributed by atoms with van der Waals surface area (Å²) in [5.74, 6) is 1.07. The van der Waals surface area contributed by atoms with Gasteiger partial charge in [0, 0.05) is 33.6 Å². The van der Waals surface area contributed by atoms with Gasteiger partial charge in [-0.2, -0.15) is 0 Å². The second kappa shape index (κ2) is 7.14. The summed E-state index contributed by atoms with van der Waals surface area (Å²) in [6, 6.07) is 25.3. The van der Waals surface area contributed by atoms with E-state index in [9.17, 15) is 0 Å². The first-order valence-corrected chi connectivity index (χ1v) is 10.8. The van der Waals surface area contributed by atoms with E-state index in [0.717, 1.165) is 34.8 Å². The molecule has 2 heterocycles. The van der Waals surface area contributed by atoms with Gasteiger partial charge in [0.15, 0.2) is 0 Å². The molecule has 1 aliphatic rings. The maximum atomic E-state index is 6.56. The highest BCUT2D eigenvalue weighted by atomic mass is 35.5. The number of benzene rings is 3. The van der Waals surface area contributed by atoms with Crippen molar-refractivity contribution in [1.29, 1.82) is 0 Å². The number of para-hydroxylation sites is 2. The van der Waals surface area contributed by atoms with E-state index in [-0.39, 0.29) is 5.54 Å². The summed E-state index contributed by atoms with van der Waals surface area (Å²) in [6.07, 6.45) is 1.68. The Morgan fingerprint density at radius 1 is 0.900 bits per heavy atom. The molecule has 0 saturated carbocycles. The van der Waals surface area contributed by atoms with E-state index in [1.807, 2.05) is 12.1 Å². The van der Waals surface area contributed by atoms with Crippen molar-refractivity contribution >= 4 is 34.0 Å². The van der Waals surface area contributed by atoms with Gasteiger partial charge in [-0.05, 0) is 62.1 Å². The normalized spacial score (nSPS) is 13.3. The minimum absolute atomic E-state index is 0.0948. The first-order valence-electron chi connectivity index (χ1n) is 10.5. The van der Waals surface area contributed by atoms with Crippen LogP contribution in [0.2, 0.25) is 5.02 Å². The summed E-state index contributed by atoms with van der Waals surface area (Å²) < 4.78 is 0. The second-order valence-electron chi connectivity index (χ2n) is 8.99. The zero-order valence-electron chi connectivity index (χ0n) is 17.6. The summed E-state index contributed by atoms with van der Waals surface area (Å²) in [4.78, 5) is 7.59. The van der Waals surface area contributed by atoms with E-state index in [4.69, 9.17) is 16.6 Å². The van der Waals surface area contributed by atoms with E-state index in [1.165, 1.54) is 27.8 Å². The van der Waals surface area contributed by atoms with Gasteiger partial charge in [-0.15, -0.1) is 0 Å². The van der Waals surface area contributed by atoms with E-state index in [0.29, 0.717) is 0 Å². The van der Waals surface area contributed by atoms with Gasteiger partial charge in [0.25, 0.3) is 0 Å². The molecule has 1 aromatic heterocycles. The molecule has 4 aromatic rings. The Hall–Kier alpha value is -2.84. The molecule has 0 amide bonds. The molecule has 0 N–H and O–H groups in total. The molecule has 0 unspecified atom stereocenters. The van der Waals surface area contributed by atoms with Crippen LogP contribution in [0.15, 0.2) is 72.8 Å². The predicted molar refractivity (Wildman–Crippen MR) is 127 cm³/mol. The number of halogens is 1. The molecular formula is C27H25ClN2. The fourth-order valence-electron chi connectivity index (χ4n) is 4.57. The molecule has 1 aliphatic heterocycles. The molecule has 0 radical (unpaired) electrons. The van der Waals surface area contributed by atoms with E-state index >= 15 is 0 Å². The molecule has 0 atom stereocenters. The molecule has 0 saturated heterocycles. The van der Waals surface area contributed by atoms with Gasteiger partial charge in [0.2, 0.25) is 0 Å². The van der Waals surface area contributed by atoms with Gasteiger partial charge in [0.05, 0.1) is 5.52 Å². The van der Waals surface area contributed by atoms with Gasteiger partial charge >= 0.3 is 0 Å². The second-order valence-corrected chi connectivity index (χ2v) is 9.40. The third kappa shape index (κ3) is 3.16. The number of aromatic nitrogens is 1. The zero-order chi connectivity index (χ0) is 20.9. The van der Waals surface area contributed by atoms with E-state index in [2.05, 4.69) is 86.3 Å². The smallest absolute Gasteiger partial charge is 0.138 e. The molecule has 150 valence electrons. The average molecular weight is 413 g/mol. The molecular weight excluding hydrogens is 388 g/mol. The lowest BCUT2D eigenvalue weighted by atomic mass is 9.87. The van der Waals surface area contributed by atoms with Crippen LogP contribution in [-0.2, 0) is 12.8 Å². The average Bonchev–Trinajstić information content (AvgIpc) is 2.72. The van der Waals surface area contributed by atoms with Crippen molar-refractivity contribution in [1.82, 2.24) is 4.98 Å². The Morgan fingerprint density at radius 3 is 2.40 bits per heavy atom. The van der Waals surface area contributed by atoms with E-state index < -0.39 is 0 Å². The van der Waals surface area contributed by atoms with Crippen molar-refractivity contribution in [2.75, 3.05) is 4.90 Å². The zero-order valence-corrected chi connectivity index (χ0v) is 18.4. The van der Waals surface area contributed by atoms with Crippen LogP contribution in [0.3, 0.4) is 0 Å². The molecule has 0 bridgehead atoms. The molecule has 0 aliphatic carbocycles. The number of hydrogen-bond acceptors (Lipinski definition) is 2. The topological polar surface area (TPSA) is 16.1 Å². The Bertz CT molecular complexity index is 1250. The molecule has 5 rings (SSSR count). The van der Waals surface area contributed by atoms with Gasteiger partial charge in [-0.1, -0.05) is 66.2 Å². The Balaban J connectivity index is 1.81. The predicted octanol–water partition coefficient (Wildman–Crippen LogP) is 7.32. The van der Waals surface area contributed by atoms with Crippen LogP contribution in [0.1, 0.15) is 43.0 Å². The van der Waals surface area contributed by atoms with Gasteiger partial charge in [-0.25, -0.2) is 4.98 Å². The third-order valence-corrected chi connectivity index (χ3v) is 6.27. The van der Waals surface area contributed by atoms with Gasteiger partial charge in [0.1, 0.15) is 5.82 Å². The van der Waals surface area contributed by atoms with Crippen LogP contribution >= 0.6 is 11.6 Å². The Kier molecular flexibility index (Phi) is 4.56. The minimum Gasteiger partial charge on any atom is -0.321 e. The van der Waals surface area contributed by atoms with Crippen molar-refractivity contribution in [2.45, 2.75) is 39.2 Å². The summed E-state index contributed by atoms with van der Waals surface area (Å²) in [5, 5.41) is 2.03. The van der Waals surface area contributed by atoms with E-state index in [1.54, 1.807) is 0 Å². The summed E-state index contributed by atoms with van der Waals surface area (Å²) in [7, 11) is 0. The maximum absolute atomic E-state index is 6.56. The minimum atomic E-state index is -0.0948. The van der Waals surface area contributed by atoms with Crippen LogP contribution in [0.4, 0.5) is 11.5 Å². The standard InChI is InChI=1S/C27H25ClN2/c1-27(2,3)30-25-15-9-5-11-19(25)17-22-21(16-18-10-4-7-13-23(18)28)20-12-6-8-14-24(20)29-26(22)30/h4-15H,16-17H2,1-3H3. The lowest BCUT2D eigenvalue weighted by Gasteiger charge is -2.42. The van der Waals surface area contributed by atoms with Crippen LogP contribution in [0.25, 0.3) is 10.9 Å². The first-order chi connectivity index (χ1) is 14.4. The summed E-state index contributed by atoms with van der Waals surface area (Å²) in [5.41, 5.74) is 7.32. The number of nitrogens with zero attached hydrogens (tertiary/aromatic N) is 2. The lowest BCUT2D eigenvalue weighted by Crippen LogP contribution is -2.41. The third-order valence-electron chi connectivity index (χ3n) is 5.90. The van der Waals surface area contributed by atoms with Crippen molar-refractivity contribution in [3.8, 4) is 0 Å². The fourth-order valence-corrected chi connectivity index (χ4v) is 4.77. The highest BCUT2D eigenvalue weighted by Crippen LogP contribution is 2.45. The SMILES string of the molecule is CC(C)(C)N1c2ccccc2Cc2c1nc1ccccc1c2Cc1ccccc1Cl.